The number of amides is 1. The van der Waals surface area contributed by atoms with Crippen molar-refractivity contribution in [2.24, 2.45) is 0 Å². The Labute approximate surface area is 130 Å². The minimum absolute atomic E-state index is 0.142. The third-order valence-corrected chi connectivity index (χ3v) is 3.43. The number of aromatic nitrogens is 1. The van der Waals surface area contributed by atoms with Crippen molar-refractivity contribution in [2.45, 2.75) is 26.9 Å². The van der Waals surface area contributed by atoms with Crippen LogP contribution in [0.4, 0.5) is 5.69 Å². The molecule has 0 spiro atoms. The van der Waals surface area contributed by atoms with Crippen molar-refractivity contribution in [1.29, 1.82) is 0 Å². The maximum Gasteiger partial charge on any atom is 0.227 e. The minimum atomic E-state index is -0.175. The molecular formula is C17H20N2O3. The number of anilines is 1. The highest BCUT2D eigenvalue weighted by Gasteiger charge is 2.07. The first kappa shape index (κ1) is 16.0. The van der Waals surface area contributed by atoms with Gasteiger partial charge in [-0.25, -0.2) is 0 Å². The summed E-state index contributed by atoms with van der Waals surface area (Å²) in [7, 11) is 0. The van der Waals surface area contributed by atoms with E-state index in [2.05, 4.69) is 10.3 Å². The third kappa shape index (κ3) is 4.30. The smallest absolute Gasteiger partial charge is 0.227 e. The Hall–Kier alpha value is -2.40. The lowest BCUT2D eigenvalue weighted by molar-refractivity contribution is -0.116. The summed E-state index contributed by atoms with van der Waals surface area (Å²) in [4.78, 5) is 15.8. The van der Waals surface area contributed by atoms with Gasteiger partial charge in [0.25, 0.3) is 0 Å². The molecule has 0 aliphatic carbocycles. The van der Waals surface area contributed by atoms with E-state index in [4.69, 9.17) is 4.74 Å². The second kappa shape index (κ2) is 7.56. The summed E-state index contributed by atoms with van der Waals surface area (Å²) in [5.74, 6) is 0.583. The van der Waals surface area contributed by atoms with Gasteiger partial charge in [-0.1, -0.05) is 6.07 Å². The molecule has 1 aromatic heterocycles. The van der Waals surface area contributed by atoms with Gasteiger partial charge in [-0.3, -0.25) is 9.78 Å². The topological polar surface area (TPSA) is 71.5 Å². The standard InChI is InChI=1S/C17H20N2O3/c1-12-3-4-15(9-13(12)2)22-8-6-17(21)19-16-10-18-7-5-14(16)11-20/h3-5,7,9-10,20H,6,8,11H2,1-2H3,(H,19,21). The summed E-state index contributed by atoms with van der Waals surface area (Å²) in [6.45, 7) is 4.22. The van der Waals surface area contributed by atoms with Crippen molar-refractivity contribution in [1.82, 2.24) is 4.98 Å². The van der Waals surface area contributed by atoms with E-state index in [-0.39, 0.29) is 18.9 Å². The molecule has 0 aliphatic heterocycles. The molecule has 1 aromatic carbocycles. The zero-order valence-electron chi connectivity index (χ0n) is 12.8. The van der Waals surface area contributed by atoms with Gasteiger partial charge in [0.15, 0.2) is 0 Å². The SMILES string of the molecule is Cc1ccc(OCCC(=O)Nc2cnccc2CO)cc1C. The van der Waals surface area contributed by atoms with E-state index < -0.39 is 0 Å². The van der Waals surface area contributed by atoms with E-state index in [1.165, 1.54) is 11.8 Å². The molecule has 0 radical (unpaired) electrons. The van der Waals surface area contributed by atoms with Crippen LogP contribution in [0.2, 0.25) is 0 Å². The van der Waals surface area contributed by atoms with Crippen molar-refractivity contribution in [3.8, 4) is 5.75 Å². The molecule has 1 heterocycles. The van der Waals surface area contributed by atoms with Crippen molar-refractivity contribution in [2.75, 3.05) is 11.9 Å². The normalized spacial score (nSPS) is 10.3. The zero-order valence-corrected chi connectivity index (χ0v) is 12.8. The number of ether oxygens (including phenoxy) is 1. The molecular weight excluding hydrogens is 280 g/mol. The molecule has 0 aliphatic rings. The Balaban J connectivity index is 1.84. The fourth-order valence-corrected chi connectivity index (χ4v) is 1.95. The highest BCUT2D eigenvalue weighted by atomic mass is 16.5. The number of aryl methyl sites for hydroxylation is 2. The van der Waals surface area contributed by atoms with E-state index in [0.29, 0.717) is 17.9 Å². The highest BCUT2D eigenvalue weighted by molar-refractivity contribution is 5.91. The number of aliphatic hydroxyl groups excluding tert-OH is 1. The number of carbonyl (C=O) groups excluding carboxylic acids is 1. The molecule has 0 fully saturated rings. The molecule has 0 unspecified atom stereocenters. The lowest BCUT2D eigenvalue weighted by Crippen LogP contribution is -2.16. The van der Waals surface area contributed by atoms with Gasteiger partial charge in [-0.2, -0.15) is 0 Å². The largest absolute Gasteiger partial charge is 0.493 e. The lowest BCUT2D eigenvalue weighted by atomic mass is 10.1. The monoisotopic (exact) mass is 300 g/mol. The first-order chi connectivity index (χ1) is 10.6. The molecule has 5 nitrogen and oxygen atoms in total. The average molecular weight is 300 g/mol. The summed E-state index contributed by atoms with van der Waals surface area (Å²) in [6.07, 6.45) is 3.32. The molecule has 1 amide bonds. The van der Waals surface area contributed by atoms with Crippen molar-refractivity contribution in [3.05, 3.63) is 53.3 Å². The van der Waals surface area contributed by atoms with Crippen molar-refractivity contribution in [3.63, 3.8) is 0 Å². The van der Waals surface area contributed by atoms with Gasteiger partial charge in [0.05, 0.1) is 31.5 Å². The first-order valence-corrected chi connectivity index (χ1v) is 7.14. The van der Waals surface area contributed by atoms with Crippen LogP contribution in [0.15, 0.2) is 36.7 Å². The number of benzene rings is 1. The Morgan fingerprint density at radius 3 is 2.82 bits per heavy atom. The molecule has 2 aromatic rings. The van der Waals surface area contributed by atoms with Gasteiger partial charge in [0.2, 0.25) is 5.91 Å². The van der Waals surface area contributed by atoms with Crippen molar-refractivity contribution >= 4 is 11.6 Å². The second-order valence-corrected chi connectivity index (χ2v) is 5.08. The summed E-state index contributed by atoms with van der Waals surface area (Å²) in [6, 6.07) is 7.51. The van der Waals surface area contributed by atoms with E-state index in [0.717, 1.165) is 11.3 Å². The molecule has 0 saturated heterocycles. The van der Waals surface area contributed by atoms with Crippen LogP contribution in [0.1, 0.15) is 23.1 Å². The molecule has 116 valence electrons. The van der Waals surface area contributed by atoms with Gasteiger partial charge in [0.1, 0.15) is 5.75 Å². The highest BCUT2D eigenvalue weighted by Crippen LogP contribution is 2.17. The predicted octanol–water partition coefficient (Wildman–Crippen LogP) is 2.60. The summed E-state index contributed by atoms with van der Waals surface area (Å²) in [5.41, 5.74) is 3.53. The Bertz CT molecular complexity index is 656. The Kier molecular flexibility index (Phi) is 5.49. The summed E-state index contributed by atoms with van der Waals surface area (Å²) < 4.78 is 5.58. The summed E-state index contributed by atoms with van der Waals surface area (Å²) in [5, 5.41) is 11.9. The van der Waals surface area contributed by atoms with Crippen LogP contribution < -0.4 is 10.1 Å². The van der Waals surface area contributed by atoms with E-state index in [1.807, 2.05) is 32.0 Å². The number of rotatable bonds is 6. The Morgan fingerprint density at radius 1 is 1.27 bits per heavy atom. The molecule has 5 heteroatoms. The molecule has 0 bridgehead atoms. The number of nitrogens with zero attached hydrogens (tertiary/aromatic N) is 1. The van der Waals surface area contributed by atoms with Gasteiger partial charge in [-0.15, -0.1) is 0 Å². The van der Waals surface area contributed by atoms with Gasteiger partial charge >= 0.3 is 0 Å². The zero-order chi connectivity index (χ0) is 15.9. The number of hydrogen-bond donors (Lipinski definition) is 2. The molecule has 2 rings (SSSR count). The summed E-state index contributed by atoms with van der Waals surface area (Å²) >= 11 is 0. The average Bonchev–Trinajstić information content (AvgIpc) is 2.51. The maximum absolute atomic E-state index is 11.9. The number of aliphatic hydroxyl groups is 1. The fourth-order valence-electron chi connectivity index (χ4n) is 1.95. The first-order valence-electron chi connectivity index (χ1n) is 7.14. The van der Waals surface area contributed by atoms with Gasteiger partial charge < -0.3 is 15.2 Å². The quantitative estimate of drug-likeness (QED) is 0.860. The van der Waals surface area contributed by atoms with Crippen LogP contribution in [0.3, 0.4) is 0 Å². The molecule has 2 N–H and O–H groups in total. The van der Waals surface area contributed by atoms with E-state index in [1.54, 1.807) is 12.3 Å². The number of nitrogens with one attached hydrogen (secondary N) is 1. The van der Waals surface area contributed by atoms with E-state index >= 15 is 0 Å². The number of pyridine rings is 1. The number of carbonyl (C=O) groups is 1. The maximum atomic E-state index is 11.9. The molecule has 22 heavy (non-hydrogen) atoms. The van der Waals surface area contributed by atoms with Crippen molar-refractivity contribution < 1.29 is 14.6 Å². The molecule has 0 atom stereocenters. The molecule has 0 saturated carbocycles. The van der Waals surface area contributed by atoms with Gasteiger partial charge in [0, 0.05) is 11.8 Å². The van der Waals surface area contributed by atoms with Crippen LogP contribution in [0.5, 0.6) is 5.75 Å². The Morgan fingerprint density at radius 2 is 2.09 bits per heavy atom. The van der Waals surface area contributed by atoms with Crippen LogP contribution in [-0.2, 0) is 11.4 Å². The fraction of sp³-hybridized carbons (Fsp3) is 0.294. The van der Waals surface area contributed by atoms with Crippen LogP contribution in [0, 0.1) is 13.8 Å². The second-order valence-electron chi connectivity index (χ2n) is 5.08. The minimum Gasteiger partial charge on any atom is -0.493 e. The third-order valence-electron chi connectivity index (χ3n) is 3.43. The lowest BCUT2D eigenvalue weighted by Gasteiger charge is -2.10. The van der Waals surface area contributed by atoms with Crippen LogP contribution in [-0.4, -0.2) is 22.6 Å². The van der Waals surface area contributed by atoms with Crippen LogP contribution >= 0.6 is 0 Å². The number of hydrogen-bond acceptors (Lipinski definition) is 4. The van der Waals surface area contributed by atoms with Crippen LogP contribution in [0.25, 0.3) is 0 Å². The predicted molar refractivity (Wildman–Crippen MR) is 84.8 cm³/mol. The van der Waals surface area contributed by atoms with Gasteiger partial charge in [-0.05, 0) is 43.2 Å². The van der Waals surface area contributed by atoms with E-state index in [9.17, 15) is 9.90 Å².